The maximum Gasteiger partial charge on any atom is 0.136 e. The lowest BCUT2D eigenvalue weighted by molar-refractivity contribution is 0.255. The molecule has 1 atom stereocenters. The smallest absolute Gasteiger partial charge is 0.136 e. The molecule has 1 nitrogen and oxygen atoms in total. The summed E-state index contributed by atoms with van der Waals surface area (Å²) in [6, 6.07) is 0. The van der Waals surface area contributed by atoms with Crippen LogP contribution in [0.3, 0.4) is 0 Å². The minimum absolute atomic E-state index is 0.161. The minimum Gasteiger partial charge on any atom is -0.292 e. The van der Waals surface area contributed by atoms with E-state index < -0.39 is 4.33 Å². The van der Waals surface area contributed by atoms with Gasteiger partial charge in [0.25, 0.3) is 0 Å². The average Bonchev–Trinajstić information content (AvgIpc) is 2.67. The van der Waals surface area contributed by atoms with E-state index in [0.29, 0.717) is 0 Å². The van der Waals surface area contributed by atoms with E-state index in [1.165, 1.54) is 32.4 Å². The number of piperidine rings is 1. The van der Waals surface area contributed by atoms with Crippen molar-refractivity contribution in [3.05, 3.63) is 0 Å². The standard InChI is InChI=1S/C12H17Cl2N/c1-11(10-12(11,13)14)6-5-9-15-7-3-2-4-8-15/h2-4,7-10H2,1H3. The van der Waals surface area contributed by atoms with Gasteiger partial charge in [-0.2, -0.15) is 0 Å². The van der Waals surface area contributed by atoms with Gasteiger partial charge in [0.1, 0.15) is 4.33 Å². The normalized spacial score (nSPS) is 34.3. The molecule has 0 aromatic rings. The second kappa shape index (κ2) is 4.17. The van der Waals surface area contributed by atoms with Crippen LogP contribution < -0.4 is 0 Å². The Balaban J connectivity index is 1.80. The van der Waals surface area contributed by atoms with Gasteiger partial charge in [-0.05, 0) is 32.9 Å². The molecular weight excluding hydrogens is 229 g/mol. The fourth-order valence-electron chi connectivity index (χ4n) is 2.00. The monoisotopic (exact) mass is 245 g/mol. The molecule has 0 aromatic carbocycles. The summed E-state index contributed by atoms with van der Waals surface area (Å²) in [6.07, 6.45) is 4.80. The lowest BCUT2D eigenvalue weighted by atomic mass is 10.1. The maximum atomic E-state index is 6.02. The Morgan fingerprint density at radius 3 is 2.33 bits per heavy atom. The van der Waals surface area contributed by atoms with Gasteiger partial charge in [-0.1, -0.05) is 41.5 Å². The lowest BCUT2D eigenvalue weighted by Gasteiger charge is -2.23. The zero-order valence-electron chi connectivity index (χ0n) is 9.15. The van der Waals surface area contributed by atoms with E-state index in [1.807, 2.05) is 6.92 Å². The predicted octanol–water partition coefficient (Wildman–Crippen LogP) is 3.06. The van der Waals surface area contributed by atoms with Crippen LogP contribution in [0.15, 0.2) is 0 Å². The molecule has 2 rings (SSSR count). The van der Waals surface area contributed by atoms with Crippen molar-refractivity contribution in [1.29, 1.82) is 0 Å². The number of likely N-dealkylation sites (tertiary alicyclic amines) is 1. The molecule has 1 saturated carbocycles. The molecule has 15 heavy (non-hydrogen) atoms. The van der Waals surface area contributed by atoms with Gasteiger partial charge in [0.05, 0.1) is 12.0 Å². The number of rotatable bonds is 1. The first kappa shape index (κ1) is 11.6. The second-order valence-electron chi connectivity index (χ2n) is 4.85. The van der Waals surface area contributed by atoms with Gasteiger partial charge in [-0.3, -0.25) is 4.90 Å². The maximum absolute atomic E-state index is 6.02. The molecule has 1 aliphatic carbocycles. The highest BCUT2D eigenvalue weighted by Gasteiger charge is 2.62. The Hall–Kier alpha value is 0.100. The highest BCUT2D eigenvalue weighted by molar-refractivity contribution is 6.51. The third-order valence-corrected chi connectivity index (χ3v) is 4.47. The van der Waals surface area contributed by atoms with Crippen LogP contribution in [-0.4, -0.2) is 28.9 Å². The van der Waals surface area contributed by atoms with Crippen molar-refractivity contribution in [3.63, 3.8) is 0 Å². The molecule has 84 valence electrons. The van der Waals surface area contributed by atoms with Crippen molar-refractivity contribution in [1.82, 2.24) is 4.90 Å². The first-order chi connectivity index (χ1) is 7.04. The topological polar surface area (TPSA) is 3.24 Å². The molecular formula is C12H17Cl2N. The average molecular weight is 246 g/mol. The zero-order chi connectivity index (χ0) is 10.9. The van der Waals surface area contributed by atoms with Gasteiger partial charge in [-0.15, -0.1) is 0 Å². The zero-order valence-corrected chi connectivity index (χ0v) is 10.7. The number of alkyl halides is 2. The van der Waals surface area contributed by atoms with Gasteiger partial charge in [-0.25, -0.2) is 0 Å². The number of halogens is 2. The van der Waals surface area contributed by atoms with Crippen molar-refractivity contribution in [3.8, 4) is 11.8 Å². The van der Waals surface area contributed by atoms with Crippen LogP contribution in [0.2, 0.25) is 0 Å². The van der Waals surface area contributed by atoms with Crippen LogP contribution in [-0.2, 0) is 0 Å². The van der Waals surface area contributed by atoms with Gasteiger partial charge in [0.2, 0.25) is 0 Å². The molecule has 2 aliphatic rings. The Morgan fingerprint density at radius 2 is 1.80 bits per heavy atom. The first-order valence-electron chi connectivity index (χ1n) is 5.64. The van der Waals surface area contributed by atoms with E-state index in [9.17, 15) is 0 Å². The minimum atomic E-state index is -0.595. The van der Waals surface area contributed by atoms with Crippen LogP contribution in [0.5, 0.6) is 0 Å². The fourth-order valence-corrected chi connectivity index (χ4v) is 2.63. The first-order valence-corrected chi connectivity index (χ1v) is 6.39. The molecule has 2 fully saturated rings. The van der Waals surface area contributed by atoms with E-state index in [-0.39, 0.29) is 5.41 Å². The van der Waals surface area contributed by atoms with Gasteiger partial charge < -0.3 is 0 Å². The third-order valence-electron chi connectivity index (χ3n) is 3.37. The van der Waals surface area contributed by atoms with E-state index in [4.69, 9.17) is 23.2 Å². The van der Waals surface area contributed by atoms with Crippen molar-refractivity contribution >= 4 is 23.2 Å². The number of nitrogens with zero attached hydrogens (tertiary/aromatic N) is 1. The highest BCUT2D eigenvalue weighted by atomic mass is 35.5. The summed E-state index contributed by atoms with van der Waals surface area (Å²) < 4.78 is -0.595. The van der Waals surface area contributed by atoms with Gasteiger partial charge in [0, 0.05) is 6.42 Å². The van der Waals surface area contributed by atoms with Gasteiger partial charge >= 0.3 is 0 Å². The molecule has 0 spiro atoms. The van der Waals surface area contributed by atoms with Crippen molar-refractivity contribution in [2.45, 2.75) is 36.9 Å². The predicted molar refractivity (Wildman–Crippen MR) is 65.2 cm³/mol. The molecule has 0 aromatic heterocycles. The summed E-state index contributed by atoms with van der Waals surface area (Å²) in [5, 5.41) is 0. The Labute approximate surface area is 102 Å². The molecule has 1 aliphatic heterocycles. The van der Waals surface area contributed by atoms with E-state index >= 15 is 0 Å². The van der Waals surface area contributed by atoms with Crippen LogP contribution in [0, 0.1) is 17.3 Å². The van der Waals surface area contributed by atoms with E-state index in [2.05, 4.69) is 16.7 Å². The summed E-state index contributed by atoms with van der Waals surface area (Å²) in [4.78, 5) is 2.41. The summed E-state index contributed by atoms with van der Waals surface area (Å²) in [6.45, 7) is 5.30. The highest BCUT2D eigenvalue weighted by Crippen LogP contribution is 2.63. The van der Waals surface area contributed by atoms with Crippen molar-refractivity contribution < 1.29 is 0 Å². The Morgan fingerprint density at radius 1 is 1.20 bits per heavy atom. The molecule has 1 unspecified atom stereocenters. The largest absolute Gasteiger partial charge is 0.292 e. The van der Waals surface area contributed by atoms with E-state index in [0.717, 1.165) is 13.0 Å². The summed E-state index contributed by atoms with van der Waals surface area (Å²) in [5.74, 6) is 6.44. The number of hydrogen-bond donors (Lipinski definition) is 0. The van der Waals surface area contributed by atoms with E-state index in [1.54, 1.807) is 0 Å². The number of hydrogen-bond acceptors (Lipinski definition) is 1. The van der Waals surface area contributed by atoms with Crippen molar-refractivity contribution in [2.75, 3.05) is 19.6 Å². The third kappa shape index (κ3) is 2.61. The molecule has 1 saturated heterocycles. The molecule has 0 N–H and O–H groups in total. The van der Waals surface area contributed by atoms with Gasteiger partial charge in [0.15, 0.2) is 0 Å². The molecule has 0 radical (unpaired) electrons. The Kier molecular flexibility index (Phi) is 3.22. The molecule has 1 heterocycles. The second-order valence-corrected chi connectivity index (χ2v) is 6.34. The van der Waals surface area contributed by atoms with Crippen LogP contribution in [0.1, 0.15) is 32.6 Å². The summed E-state index contributed by atoms with van der Waals surface area (Å²) in [5.41, 5.74) is -0.161. The molecule has 0 amide bonds. The van der Waals surface area contributed by atoms with Crippen LogP contribution in [0.25, 0.3) is 0 Å². The van der Waals surface area contributed by atoms with Crippen LogP contribution in [0.4, 0.5) is 0 Å². The van der Waals surface area contributed by atoms with Crippen molar-refractivity contribution in [2.24, 2.45) is 5.41 Å². The SMILES string of the molecule is CC1(C#CCN2CCCCC2)CC1(Cl)Cl. The summed E-state index contributed by atoms with van der Waals surface area (Å²) in [7, 11) is 0. The molecule has 3 heteroatoms. The lowest BCUT2D eigenvalue weighted by Crippen LogP contribution is -2.29. The molecule has 0 bridgehead atoms. The fraction of sp³-hybridized carbons (Fsp3) is 0.833. The summed E-state index contributed by atoms with van der Waals surface area (Å²) >= 11 is 12.0. The Bertz CT molecular complexity index is 296. The quantitative estimate of drug-likeness (QED) is 0.507. The van der Waals surface area contributed by atoms with Crippen LogP contribution >= 0.6 is 23.2 Å².